The normalized spacial score (nSPS) is 23.6. The predicted molar refractivity (Wildman–Crippen MR) is 63.8 cm³/mol. The summed E-state index contributed by atoms with van der Waals surface area (Å²) in [4.78, 5) is 11.9. The fourth-order valence-corrected chi connectivity index (χ4v) is 2.12. The second-order valence-corrected chi connectivity index (χ2v) is 4.55. The molecule has 17 heavy (non-hydrogen) atoms. The molecule has 4 heteroatoms. The molecular formula is C13H17FN2O. The van der Waals surface area contributed by atoms with Crippen LogP contribution in [0.4, 0.5) is 4.39 Å². The van der Waals surface area contributed by atoms with Crippen LogP contribution in [0.25, 0.3) is 0 Å². The maximum absolute atomic E-state index is 13.3. The number of benzene rings is 1. The molecule has 0 bridgehead atoms. The summed E-state index contributed by atoms with van der Waals surface area (Å²) in [7, 11) is 0. The summed E-state index contributed by atoms with van der Waals surface area (Å²) < 4.78 is 13.3. The van der Waals surface area contributed by atoms with E-state index in [1.165, 1.54) is 6.07 Å². The van der Waals surface area contributed by atoms with Crippen LogP contribution >= 0.6 is 0 Å². The highest BCUT2D eigenvalue weighted by Crippen LogP contribution is 2.16. The molecule has 2 atom stereocenters. The number of halogens is 1. The van der Waals surface area contributed by atoms with Gasteiger partial charge in [0.1, 0.15) is 5.82 Å². The molecule has 1 amide bonds. The molecular weight excluding hydrogens is 219 g/mol. The van der Waals surface area contributed by atoms with Gasteiger partial charge in [-0.2, -0.15) is 0 Å². The summed E-state index contributed by atoms with van der Waals surface area (Å²) in [5, 5.41) is 5.97. The third kappa shape index (κ3) is 2.82. The van der Waals surface area contributed by atoms with Crippen LogP contribution in [-0.4, -0.2) is 19.0 Å². The van der Waals surface area contributed by atoms with Crippen molar-refractivity contribution in [3.05, 3.63) is 35.6 Å². The number of hydrogen-bond donors (Lipinski definition) is 2. The summed E-state index contributed by atoms with van der Waals surface area (Å²) in [6.07, 6.45) is 0. The van der Waals surface area contributed by atoms with E-state index < -0.39 is 0 Å². The Kier molecular flexibility index (Phi) is 3.74. The number of nitrogens with one attached hydrogen (secondary N) is 2. The van der Waals surface area contributed by atoms with E-state index >= 15 is 0 Å². The van der Waals surface area contributed by atoms with Crippen molar-refractivity contribution in [2.75, 3.05) is 13.1 Å². The third-order valence-corrected chi connectivity index (χ3v) is 3.27. The molecule has 1 aliphatic rings. The molecule has 1 saturated heterocycles. The summed E-state index contributed by atoms with van der Waals surface area (Å²) in [5.41, 5.74) is 0.527. The van der Waals surface area contributed by atoms with Crippen molar-refractivity contribution in [3.8, 4) is 0 Å². The third-order valence-electron chi connectivity index (χ3n) is 3.27. The SMILES string of the molecule is CC1CNCC1C(=O)NCc1ccccc1F. The quantitative estimate of drug-likeness (QED) is 0.830. The topological polar surface area (TPSA) is 41.1 Å². The smallest absolute Gasteiger partial charge is 0.224 e. The summed E-state index contributed by atoms with van der Waals surface area (Å²) in [6, 6.07) is 6.50. The van der Waals surface area contributed by atoms with Crippen LogP contribution in [0.5, 0.6) is 0 Å². The molecule has 1 aliphatic heterocycles. The number of amides is 1. The Balaban J connectivity index is 1.90. The van der Waals surface area contributed by atoms with Gasteiger partial charge in [0.25, 0.3) is 0 Å². The van der Waals surface area contributed by atoms with Gasteiger partial charge >= 0.3 is 0 Å². The average Bonchev–Trinajstić information content (AvgIpc) is 2.74. The van der Waals surface area contributed by atoms with E-state index in [9.17, 15) is 9.18 Å². The molecule has 92 valence electrons. The summed E-state index contributed by atoms with van der Waals surface area (Å²) >= 11 is 0. The minimum absolute atomic E-state index is 0.00164. The van der Waals surface area contributed by atoms with Crippen LogP contribution in [0.15, 0.2) is 24.3 Å². The van der Waals surface area contributed by atoms with Gasteiger partial charge in [0.2, 0.25) is 5.91 Å². The monoisotopic (exact) mass is 236 g/mol. The Bertz CT molecular complexity index is 408. The first-order valence-electron chi connectivity index (χ1n) is 5.90. The molecule has 1 aromatic carbocycles. The molecule has 1 aromatic rings. The summed E-state index contributed by atoms with van der Waals surface area (Å²) in [6.45, 7) is 3.89. The molecule has 0 radical (unpaired) electrons. The van der Waals surface area contributed by atoms with E-state index in [0.29, 0.717) is 18.0 Å². The van der Waals surface area contributed by atoms with Crippen LogP contribution in [-0.2, 0) is 11.3 Å². The Hall–Kier alpha value is -1.42. The zero-order chi connectivity index (χ0) is 12.3. The van der Waals surface area contributed by atoms with Gasteiger partial charge in [-0.3, -0.25) is 4.79 Å². The van der Waals surface area contributed by atoms with Gasteiger partial charge in [-0.05, 0) is 18.5 Å². The Morgan fingerprint density at radius 3 is 2.88 bits per heavy atom. The standard InChI is InChI=1S/C13H17FN2O/c1-9-6-15-8-11(9)13(17)16-7-10-4-2-3-5-12(10)14/h2-5,9,11,15H,6-8H2,1H3,(H,16,17). The number of carbonyl (C=O) groups is 1. The first-order valence-corrected chi connectivity index (χ1v) is 5.90. The molecule has 1 heterocycles. The molecule has 3 nitrogen and oxygen atoms in total. The lowest BCUT2D eigenvalue weighted by molar-refractivity contribution is -0.125. The number of hydrogen-bond acceptors (Lipinski definition) is 2. The lowest BCUT2D eigenvalue weighted by Crippen LogP contribution is -2.34. The van der Waals surface area contributed by atoms with Gasteiger partial charge in [0, 0.05) is 18.7 Å². The van der Waals surface area contributed by atoms with E-state index in [2.05, 4.69) is 10.6 Å². The van der Waals surface area contributed by atoms with Crippen molar-refractivity contribution >= 4 is 5.91 Å². The second-order valence-electron chi connectivity index (χ2n) is 4.55. The van der Waals surface area contributed by atoms with E-state index in [0.717, 1.165) is 6.54 Å². The predicted octanol–water partition coefficient (Wildman–Crippen LogP) is 1.30. The van der Waals surface area contributed by atoms with Crippen molar-refractivity contribution in [1.82, 2.24) is 10.6 Å². The van der Waals surface area contributed by atoms with Gasteiger partial charge in [0.15, 0.2) is 0 Å². The average molecular weight is 236 g/mol. The van der Waals surface area contributed by atoms with Crippen molar-refractivity contribution in [2.45, 2.75) is 13.5 Å². The molecule has 2 unspecified atom stereocenters. The highest BCUT2D eigenvalue weighted by molar-refractivity contribution is 5.79. The Labute approximate surface area is 100 Å². The van der Waals surface area contributed by atoms with E-state index in [1.54, 1.807) is 18.2 Å². The second kappa shape index (κ2) is 5.27. The zero-order valence-corrected chi connectivity index (χ0v) is 9.87. The molecule has 0 spiro atoms. The van der Waals surface area contributed by atoms with Crippen molar-refractivity contribution in [2.24, 2.45) is 11.8 Å². The van der Waals surface area contributed by atoms with Crippen LogP contribution < -0.4 is 10.6 Å². The van der Waals surface area contributed by atoms with Crippen molar-refractivity contribution in [1.29, 1.82) is 0 Å². The fraction of sp³-hybridized carbons (Fsp3) is 0.462. The van der Waals surface area contributed by atoms with E-state index in [1.807, 2.05) is 6.92 Å². The number of rotatable bonds is 3. The van der Waals surface area contributed by atoms with Crippen molar-refractivity contribution in [3.63, 3.8) is 0 Å². The molecule has 2 rings (SSSR count). The molecule has 1 fully saturated rings. The van der Waals surface area contributed by atoms with Crippen molar-refractivity contribution < 1.29 is 9.18 Å². The van der Waals surface area contributed by atoms with Gasteiger partial charge in [-0.1, -0.05) is 25.1 Å². The maximum atomic E-state index is 13.3. The van der Waals surface area contributed by atoms with Gasteiger partial charge in [-0.15, -0.1) is 0 Å². The van der Waals surface area contributed by atoms with Gasteiger partial charge in [-0.25, -0.2) is 4.39 Å². The van der Waals surface area contributed by atoms with E-state index in [-0.39, 0.29) is 24.2 Å². The first kappa shape index (κ1) is 12.0. The maximum Gasteiger partial charge on any atom is 0.224 e. The minimum Gasteiger partial charge on any atom is -0.352 e. The lowest BCUT2D eigenvalue weighted by atomic mass is 9.97. The highest BCUT2D eigenvalue weighted by Gasteiger charge is 2.29. The van der Waals surface area contributed by atoms with Crippen LogP contribution in [0, 0.1) is 17.7 Å². The van der Waals surface area contributed by atoms with E-state index in [4.69, 9.17) is 0 Å². The Morgan fingerprint density at radius 2 is 2.24 bits per heavy atom. The zero-order valence-electron chi connectivity index (χ0n) is 9.87. The van der Waals surface area contributed by atoms with Crippen LogP contribution in [0.3, 0.4) is 0 Å². The molecule has 0 aliphatic carbocycles. The van der Waals surface area contributed by atoms with Gasteiger partial charge < -0.3 is 10.6 Å². The lowest BCUT2D eigenvalue weighted by Gasteiger charge is -2.14. The Morgan fingerprint density at radius 1 is 1.47 bits per heavy atom. The minimum atomic E-state index is -0.273. The highest BCUT2D eigenvalue weighted by atomic mass is 19.1. The largest absolute Gasteiger partial charge is 0.352 e. The number of carbonyl (C=O) groups excluding carboxylic acids is 1. The molecule has 0 saturated carbocycles. The van der Waals surface area contributed by atoms with Gasteiger partial charge in [0.05, 0.1) is 5.92 Å². The van der Waals surface area contributed by atoms with Crippen LogP contribution in [0.1, 0.15) is 12.5 Å². The molecule has 2 N–H and O–H groups in total. The first-order chi connectivity index (χ1) is 8.18. The van der Waals surface area contributed by atoms with Crippen LogP contribution in [0.2, 0.25) is 0 Å². The molecule has 0 aromatic heterocycles. The fourth-order valence-electron chi connectivity index (χ4n) is 2.12. The summed E-state index contributed by atoms with van der Waals surface area (Å²) in [5.74, 6) is 0.0774.